The Balaban J connectivity index is 2.76. The molecule has 0 unspecified atom stereocenters. The van der Waals surface area contributed by atoms with Crippen molar-refractivity contribution in [2.45, 2.75) is 0 Å². The van der Waals surface area contributed by atoms with Gasteiger partial charge in [-0.15, -0.1) is 0 Å². The summed E-state index contributed by atoms with van der Waals surface area (Å²) in [4.78, 5) is 11.1. The molecule has 0 saturated carbocycles. The Kier molecular flexibility index (Phi) is 2.15. The fraction of sp³-hybridized carbons (Fsp3) is 0.100. The minimum absolute atomic E-state index is 0.000142. The van der Waals surface area contributed by atoms with Crippen molar-refractivity contribution in [3.63, 3.8) is 0 Å². The molecule has 0 spiro atoms. The lowest BCUT2D eigenvalue weighted by Crippen LogP contribution is -2.05. The smallest absolute Gasteiger partial charge is 0.341 e. The second-order valence-electron chi connectivity index (χ2n) is 2.87. The molecule has 0 bridgehead atoms. The number of halogens is 2. The van der Waals surface area contributed by atoms with Gasteiger partial charge in [0.25, 0.3) is 0 Å². The quantitative estimate of drug-likeness (QED) is 0.681. The molecule has 0 aliphatic rings. The van der Waals surface area contributed by atoms with Gasteiger partial charge in [-0.3, -0.25) is 0 Å². The minimum atomic E-state index is -0.940. The number of hydrogen-bond donors (Lipinski definition) is 0. The zero-order valence-corrected chi connectivity index (χ0v) is 7.71. The molecular weight excluding hydrogens is 206 g/mol. The number of benzene rings is 1. The first-order chi connectivity index (χ1) is 7.15. The summed E-state index contributed by atoms with van der Waals surface area (Å²) in [6.45, 7) is 0. The molecule has 1 heterocycles. The molecule has 2 aromatic rings. The largest absolute Gasteiger partial charge is 0.465 e. The molecule has 0 fully saturated rings. The second-order valence-corrected chi connectivity index (χ2v) is 2.87. The van der Waals surface area contributed by atoms with Gasteiger partial charge in [-0.05, 0) is 12.1 Å². The van der Waals surface area contributed by atoms with Crippen molar-refractivity contribution in [2.75, 3.05) is 7.11 Å². The fourth-order valence-electron chi connectivity index (χ4n) is 1.32. The predicted molar refractivity (Wildman–Crippen MR) is 47.5 cm³/mol. The highest BCUT2D eigenvalue weighted by Crippen LogP contribution is 2.25. The molecular formula is C10H6F2O3. The fourth-order valence-corrected chi connectivity index (χ4v) is 1.32. The van der Waals surface area contributed by atoms with Crippen LogP contribution in [0.1, 0.15) is 10.4 Å². The molecule has 1 aromatic heterocycles. The van der Waals surface area contributed by atoms with E-state index in [0.717, 1.165) is 19.4 Å². The van der Waals surface area contributed by atoms with Gasteiger partial charge in [0.05, 0.1) is 18.8 Å². The third-order valence-electron chi connectivity index (χ3n) is 2.03. The monoisotopic (exact) mass is 212 g/mol. The summed E-state index contributed by atoms with van der Waals surface area (Å²) in [6.07, 6.45) is 1.15. The van der Waals surface area contributed by atoms with Crippen LogP contribution >= 0.6 is 0 Å². The van der Waals surface area contributed by atoms with Crippen LogP contribution in [0.3, 0.4) is 0 Å². The Bertz CT molecular complexity index is 531. The van der Waals surface area contributed by atoms with E-state index in [0.29, 0.717) is 0 Å². The Hall–Kier alpha value is -1.91. The number of fused-ring (bicyclic) bond motifs is 1. The highest BCUT2D eigenvalue weighted by atomic mass is 19.1. The number of methoxy groups -OCH3 is 1. The molecule has 0 aliphatic carbocycles. The van der Waals surface area contributed by atoms with Gasteiger partial charge in [-0.1, -0.05) is 0 Å². The Labute approximate surface area is 83.2 Å². The van der Waals surface area contributed by atoms with Gasteiger partial charge >= 0.3 is 5.97 Å². The molecule has 5 heteroatoms. The molecule has 2 rings (SSSR count). The zero-order chi connectivity index (χ0) is 11.0. The average molecular weight is 212 g/mol. The minimum Gasteiger partial charge on any atom is -0.465 e. The molecule has 1 aromatic carbocycles. The number of rotatable bonds is 1. The van der Waals surface area contributed by atoms with Crippen LogP contribution in [0.2, 0.25) is 0 Å². The van der Waals surface area contributed by atoms with Gasteiger partial charge in [0.2, 0.25) is 0 Å². The second kappa shape index (κ2) is 3.34. The average Bonchev–Trinajstić information content (AvgIpc) is 2.71. The summed E-state index contributed by atoms with van der Waals surface area (Å²) < 4.78 is 35.9. The van der Waals surface area contributed by atoms with Crippen LogP contribution < -0.4 is 0 Å². The normalized spacial score (nSPS) is 10.6. The van der Waals surface area contributed by atoms with E-state index in [9.17, 15) is 13.6 Å². The first-order valence-electron chi connectivity index (χ1n) is 4.08. The van der Waals surface area contributed by atoms with Gasteiger partial charge < -0.3 is 9.15 Å². The van der Waals surface area contributed by atoms with Crippen molar-refractivity contribution < 1.29 is 22.7 Å². The van der Waals surface area contributed by atoms with Gasteiger partial charge in [0.1, 0.15) is 11.4 Å². The van der Waals surface area contributed by atoms with E-state index in [-0.39, 0.29) is 11.0 Å². The van der Waals surface area contributed by atoms with E-state index in [1.54, 1.807) is 0 Å². The first kappa shape index (κ1) is 9.64. The van der Waals surface area contributed by atoms with E-state index in [1.807, 2.05) is 0 Å². The molecule has 0 saturated heterocycles. The van der Waals surface area contributed by atoms with E-state index in [1.165, 1.54) is 6.07 Å². The number of furan rings is 1. The molecule has 15 heavy (non-hydrogen) atoms. The number of hydrogen-bond acceptors (Lipinski definition) is 3. The highest BCUT2D eigenvalue weighted by molar-refractivity contribution is 5.94. The van der Waals surface area contributed by atoms with Crippen LogP contribution in [0, 0.1) is 11.6 Å². The molecule has 0 atom stereocenters. The maximum Gasteiger partial charge on any atom is 0.341 e. The van der Waals surface area contributed by atoms with Gasteiger partial charge in [-0.2, -0.15) is 0 Å². The standard InChI is InChI=1S/C10H6F2O3/c1-14-10(13)6-4-7(11)5-2-3-15-9(5)8(6)12/h2-4H,1H3. The van der Waals surface area contributed by atoms with Crippen molar-refractivity contribution in [3.8, 4) is 0 Å². The predicted octanol–water partition coefficient (Wildman–Crippen LogP) is 2.50. The maximum atomic E-state index is 13.6. The summed E-state index contributed by atoms with van der Waals surface area (Å²) in [5, 5.41) is 0.000142. The third kappa shape index (κ3) is 1.36. The van der Waals surface area contributed by atoms with E-state index < -0.39 is 23.2 Å². The van der Waals surface area contributed by atoms with E-state index >= 15 is 0 Å². The molecule has 78 valence electrons. The Morgan fingerprint density at radius 3 is 2.87 bits per heavy atom. The zero-order valence-electron chi connectivity index (χ0n) is 7.71. The van der Waals surface area contributed by atoms with Crippen LogP contribution in [-0.4, -0.2) is 13.1 Å². The van der Waals surface area contributed by atoms with Gasteiger partial charge in [-0.25, -0.2) is 13.6 Å². The summed E-state index contributed by atoms with van der Waals surface area (Å²) in [6, 6.07) is 2.08. The highest BCUT2D eigenvalue weighted by Gasteiger charge is 2.20. The summed E-state index contributed by atoms with van der Waals surface area (Å²) in [5.41, 5.74) is -0.757. The topological polar surface area (TPSA) is 39.4 Å². The first-order valence-corrected chi connectivity index (χ1v) is 4.08. The molecule has 0 aliphatic heterocycles. The summed E-state index contributed by atoms with van der Waals surface area (Å²) >= 11 is 0. The third-order valence-corrected chi connectivity index (χ3v) is 2.03. The van der Waals surface area contributed by atoms with Crippen LogP contribution in [0.4, 0.5) is 8.78 Å². The Morgan fingerprint density at radius 2 is 2.20 bits per heavy atom. The number of esters is 1. The van der Waals surface area contributed by atoms with Crippen LogP contribution in [0.25, 0.3) is 11.0 Å². The van der Waals surface area contributed by atoms with Crippen molar-refractivity contribution in [2.24, 2.45) is 0 Å². The van der Waals surface area contributed by atoms with Crippen LogP contribution in [-0.2, 0) is 4.74 Å². The molecule has 0 N–H and O–H groups in total. The molecule has 0 amide bonds. The van der Waals surface area contributed by atoms with Crippen LogP contribution in [0.5, 0.6) is 0 Å². The lowest BCUT2D eigenvalue weighted by molar-refractivity contribution is 0.0595. The summed E-state index contributed by atoms with van der Waals surface area (Å²) in [5.74, 6) is -2.58. The Morgan fingerprint density at radius 1 is 1.47 bits per heavy atom. The summed E-state index contributed by atoms with van der Waals surface area (Å²) in [7, 11) is 1.09. The number of carbonyl (C=O) groups is 1. The lowest BCUT2D eigenvalue weighted by atomic mass is 10.1. The van der Waals surface area contributed by atoms with Crippen molar-refractivity contribution in [1.29, 1.82) is 0 Å². The van der Waals surface area contributed by atoms with Crippen molar-refractivity contribution in [1.82, 2.24) is 0 Å². The van der Waals surface area contributed by atoms with Crippen LogP contribution in [0.15, 0.2) is 22.8 Å². The van der Waals surface area contributed by atoms with Crippen molar-refractivity contribution >= 4 is 16.9 Å². The number of carbonyl (C=O) groups excluding carboxylic acids is 1. The van der Waals surface area contributed by atoms with Gasteiger partial charge in [0, 0.05) is 0 Å². The molecule has 3 nitrogen and oxygen atoms in total. The SMILES string of the molecule is COC(=O)c1cc(F)c2ccoc2c1F. The number of ether oxygens (including phenoxy) is 1. The van der Waals surface area contributed by atoms with Gasteiger partial charge in [0.15, 0.2) is 11.4 Å². The lowest BCUT2D eigenvalue weighted by Gasteiger charge is -2.01. The van der Waals surface area contributed by atoms with E-state index in [2.05, 4.69) is 4.74 Å². The van der Waals surface area contributed by atoms with Crippen molar-refractivity contribution in [3.05, 3.63) is 35.6 Å². The molecule has 0 radical (unpaired) electrons. The van der Waals surface area contributed by atoms with E-state index in [4.69, 9.17) is 4.42 Å². The maximum absolute atomic E-state index is 13.6.